The van der Waals surface area contributed by atoms with Gasteiger partial charge in [0.25, 0.3) is 10.0 Å². The number of para-hydroxylation sites is 2. The average Bonchev–Trinajstić information content (AvgIpc) is 2.95. The van der Waals surface area contributed by atoms with E-state index in [1.165, 1.54) is 17.0 Å². The summed E-state index contributed by atoms with van der Waals surface area (Å²) in [5.41, 5.74) is 2.11. The second-order valence-corrected chi connectivity index (χ2v) is 11.4. The third-order valence-electron chi connectivity index (χ3n) is 6.48. The number of nitrogens with zero attached hydrogens (tertiary/aromatic N) is 2. The summed E-state index contributed by atoms with van der Waals surface area (Å²) < 4.78 is 34.7. The maximum Gasteiger partial charge on any atom is 0.264 e. The van der Waals surface area contributed by atoms with Gasteiger partial charge in [-0.1, -0.05) is 73.5 Å². The molecule has 0 radical (unpaired) electrons. The Bertz CT molecular complexity index is 1380. The van der Waals surface area contributed by atoms with Crippen LogP contribution in [0.1, 0.15) is 44.7 Å². The summed E-state index contributed by atoms with van der Waals surface area (Å²) in [6.07, 6.45) is 1.74. The maximum atomic E-state index is 14.0. The number of carbonyl (C=O) groups excluding carboxylic acids is 2. The van der Waals surface area contributed by atoms with Crippen LogP contribution in [-0.2, 0) is 26.2 Å². The highest BCUT2D eigenvalue weighted by molar-refractivity contribution is 7.92. The van der Waals surface area contributed by atoms with Gasteiger partial charge in [-0.05, 0) is 57.0 Å². The molecule has 1 atom stereocenters. The van der Waals surface area contributed by atoms with E-state index >= 15 is 0 Å². The van der Waals surface area contributed by atoms with Gasteiger partial charge in [0.15, 0.2) is 0 Å². The molecule has 1 N–H and O–H groups in total. The van der Waals surface area contributed by atoms with Crippen molar-refractivity contribution in [3.63, 3.8) is 0 Å². The van der Waals surface area contributed by atoms with Gasteiger partial charge in [0.1, 0.15) is 18.3 Å². The summed E-state index contributed by atoms with van der Waals surface area (Å²) in [6, 6.07) is 21.6. The van der Waals surface area contributed by atoms with Gasteiger partial charge in [-0.15, -0.1) is 0 Å². The number of anilines is 1. The predicted molar refractivity (Wildman–Crippen MR) is 158 cm³/mol. The molecule has 0 saturated carbocycles. The van der Waals surface area contributed by atoms with Crippen LogP contribution in [0.4, 0.5) is 5.69 Å². The number of sulfonamides is 1. The van der Waals surface area contributed by atoms with Crippen LogP contribution in [0.15, 0.2) is 83.8 Å². The fourth-order valence-electron chi connectivity index (χ4n) is 4.30. The van der Waals surface area contributed by atoms with Gasteiger partial charge in [-0.3, -0.25) is 13.9 Å². The van der Waals surface area contributed by atoms with E-state index in [4.69, 9.17) is 4.74 Å². The van der Waals surface area contributed by atoms with E-state index in [-0.39, 0.29) is 23.0 Å². The number of benzene rings is 3. The summed E-state index contributed by atoms with van der Waals surface area (Å²) >= 11 is 0. The summed E-state index contributed by atoms with van der Waals surface area (Å²) in [7, 11) is -4.16. The molecule has 0 aliphatic rings. The molecular weight excluding hydrogens is 526 g/mol. The first-order chi connectivity index (χ1) is 19.2. The van der Waals surface area contributed by atoms with Crippen molar-refractivity contribution in [1.29, 1.82) is 0 Å². The standard InChI is InChI=1S/C31H39N3O5S/c1-5-7-20-32-31(36)25(4)33(22-26-15-13-14-24(3)21-26)30(35)23-34(28-18-11-12-19-29(28)39-6-2)40(37,38)27-16-9-8-10-17-27/h8-19,21,25H,5-7,20,22-23H2,1-4H3,(H,32,36). The lowest BCUT2D eigenvalue weighted by molar-refractivity contribution is -0.139. The lowest BCUT2D eigenvalue weighted by atomic mass is 10.1. The first-order valence-corrected chi connectivity index (χ1v) is 15.0. The van der Waals surface area contributed by atoms with Crippen LogP contribution in [0.5, 0.6) is 5.75 Å². The molecule has 0 heterocycles. The zero-order valence-corrected chi connectivity index (χ0v) is 24.5. The van der Waals surface area contributed by atoms with E-state index < -0.39 is 28.5 Å². The lowest BCUT2D eigenvalue weighted by Gasteiger charge is -2.32. The van der Waals surface area contributed by atoms with E-state index in [0.29, 0.717) is 18.9 Å². The summed E-state index contributed by atoms with van der Waals surface area (Å²) in [5, 5.41) is 2.90. The number of carbonyl (C=O) groups is 2. The zero-order chi connectivity index (χ0) is 29.1. The molecule has 0 bridgehead atoms. The largest absolute Gasteiger partial charge is 0.492 e. The Labute approximate surface area is 238 Å². The number of hydrogen-bond acceptors (Lipinski definition) is 5. The number of hydrogen-bond donors (Lipinski definition) is 1. The zero-order valence-electron chi connectivity index (χ0n) is 23.7. The van der Waals surface area contributed by atoms with Gasteiger partial charge < -0.3 is 15.0 Å². The molecule has 3 aromatic rings. The van der Waals surface area contributed by atoms with Crippen molar-refractivity contribution < 1.29 is 22.7 Å². The molecule has 0 aromatic heterocycles. The maximum absolute atomic E-state index is 14.0. The monoisotopic (exact) mass is 565 g/mol. The number of amides is 2. The Morgan fingerprint density at radius 3 is 2.33 bits per heavy atom. The van der Waals surface area contributed by atoms with Crippen molar-refractivity contribution in [2.75, 3.05) is 24.0 Å². The fourth-order valence-corrected chi connectivity index (χ4v) is 5.75. The third-order valence-corrected chi connectivity index (χ3v) is 8.25. The highest BCUT2D eigenvalue weighted by Crippen LogP contribution is 2.32. The van der Waals surface area contributed by atoms with Gasteiger partial charge >= 0.3 is 0 Å². The van der Waals surface area contributed by atoms with Gasteiger partial charge in [-0.2, -0.15) is 0 Å². The molecule has 40 heavy (non-hydrogen) atoms. The smallest absolute Gasteiger partial charge is 0.264 e. The minimum Gasteiger partial charge on any atom is -0.492 e. The molecule has 214 valence electrons. The van der Waals surface area contributed by atoms with Gasteiger partial charge in [0, 0.05) is 13.1 Å². The van der Waals surface area contributed by atoms with Gasteiger partial charge in [0.05, 0.1) is 17.2 Å². The van der Waals surface area contributed by atoms with Gasteiger partial charge in [0.2, 0.25) is 11.8 Å². The van der Waals surface area contributed by atoms with E-state index in [1.54, 1.807) is 56.3 Å². The molecule has 0 aliphatic heterocycles. The molecule has 2 amide bonds. The topological polar surface area (TPSA) is 96.0 Å². The van der Waals surface area contributed by atoms with Crippen molar-refractivity contribution in [3.05, 3.63) is 90.0 Å². The van der Waals surface area contributed by atoms with Crippen molar-refractivity contribution >= 4 is 27.5 Å². The normalized spacial score (nSPS) is 11.9. The number of aryl methyl sites for hydroxylation is 1. The Kier molecular flexibility index (Phi) is 11.1. The molecule has 3 rings (SSSR count). The van der Waals surface area contributed by atoms with Crippen LogP contribution in [-0.4, -0.2) is 50.9 Å². The second kappa shape index (κ2) is 14.5. The Balaban J connectivity index is 2.04. The lowest BCUT2D eigenvalue weighted by Crippen LogP contribution is -2.51. The van der Waals surface area contributed by atoms with E-state index in [0.717, 1.165) is 28.3 Å². The predicted octanol–water partition coefficient (Wildman–Crippen LogP) is 4.92. The minimum absolute atomic E-state index is 0.0460. The average molecular weight is 566 g/mol. The number of unbranched alkanes of at least 4 members (excludes halogenated alkanes) is 1. The molecule has 0 spiro atoms. The van der Waals surface area contributed by atoms with Crippen molar-refractivity contribution in [1.82, 2.24) is 10.2 Å². The highest BCUT2D eigenvalue weighted by Gasteiger charge is 2.33. The van der Waals surface area contributed by atoms with E-state index in [9.17, 15) is 18.0 Å². The van der Waals surface area contributed by atoms with Crippen LogP contribution in [0.25, 0.3) is 0 Å². The van der Waals surface area contributed by atoms with Crippen molar-refractivity contribution in [2.24, 2.45) is 0 Å². The molecule has 0 aliphatic carbocycles. The Hall–Kier alpha value is -3.85. The molecule has 9 heteroatoms. The number of nitrogens with one attached hydrogen (secondary N) is 1. The highest BCUT2D eigenvalue weighted by atomic mass is 32.2. The summed E-state index contributed by atoms with van der Waals surface area (Å²) in [4.78, 5) is 28.6. The Morgan fingerprint density at radius 2 is 1.65 bits per heavy atom. The SMILES string of the molecule is CCCCNC(=O)C(C)N(Cc1cccc(C)c1)C(=O)CN(c1ccccc1OCC)S(=O)(=O)c1ccccc1. The minimum atomic E-state index is -4.16. The van der Waals surface area contributed by atoms with E-state index in [1.807, 2.05) is 38.1 Å². The third kappa shape index (κ3) is 7.85. The van der Waals surface area contributed by atoms with Crippen LogP contribution in [0.3, 0.4) is 0 Å². The van der Waals surface area contributed by atoms with Crippen LogP contribution in [0, 0.1) is 6.92 Å². The summed E-state index contributed by atoms with van der Waals surface area (Å²) in [5.74, 6) is -0.458. The van der Waals surface area contributed by atoms with Crippen LogP contribution < -0.4 is 14.4 Å². The molecule has 1 unspecified atom stereocenters. The summed E-state index contributed by atoms with van der Waals surface area (Å²) in [6.45, 7) is 7.91. The van der Waals surface area contributed by atoms with Crippen LogP contribution in [0.2, 0.25) is 0 Å². The Morgan fingerprint density at radius 1 is 0.950 bits per heavy atom. The van der Waals surface area contributed by atoms with Crippen molar-refractivity contribution in [2.45, 2.75) is 58.0 Å². The fraction of sp³-hybridized carbons (Fsp3) is 0.355. The molecular formula is C31H39N3O5S. The molecule has 0 saturated heterocycles. The quantitative estimate of drug-likeness (QED) is 0.280. The van der Waals surface area contributed by atoms with E-state index in [2.05, 4.69) is 5.32 Å². The van der Waals surface area contributed by atoms with Gasteiger partial charge in [-0.25, -0.2) is 8.42 Å². The second-order valence-electron chi connectivity index (χ2n) is 9.56. The molecule has 8 nitrogen and oxygen atoms in total. The first kappa shape index (κ1) is 30.7. The van der Waals surface area contributed by atoms with Crippen molar-refractivity contribution in [3.8, 4) is 5.75 Å². The first-order valence-electron chi connectivity index (χ1n) is 13.6. The number of ether oxygens (including phenoxy) is 1. The van der Waals surface area contributed by atoms with Crippen LogP contribution >= 0.6 is 0 Å². The molecule has 0 fully saturated rings. The molecule has 3 aromatic carbocycles. The number of rotatable bonds is 14.